The molecule has 6 heteroatoms. The first-order chi connectivity index (χ1) is 16.9. The maximum atomic E-state index is 13.5. The fraction of sp³-hybridized carbons (Fsp3) is 0.259. The number of carboxylic acids is 1. The third-order valence-corrected chi connectivity index (χ3v) is 5.09. The summed E-state index contributed by atoms with van der Waals surface area (Å²) in [5.74, 6) is 5.15. The molecule has 0 saturated heterocycles. The molecular formula is C27H25NO5. The van der Waals surface area contributed by atoms with Gasteiger partial charge in [-0.2, -0.15) is 0 Å². The number of hydrogen-bond acceptors (Lipinski definition) is 4. The van der Waals surface area contributed by atoms with Crippen LogP contribution >= 0.6 is 0 Å². The van der Waals surface area contributed by atoms with Crippen molar-refractivity contribution in [3.8, 4) is 28.9 Å². The molecule has 1 amide bonds. The Morgan fingerprint density at radius 1 is 1.09 bits per heavy atom. The maximum Gasteiger partial charge on any atom is 0.304 e. The molecule has 2 aromatic carbocycles. The van der Waals surface area contributed by atoms with Crippen molar-refractivity contribution >= 4 is 11.9 Å². The Kier molecular flexibility index (Phi) is 6.30. The van der Waals surface area contributed by atoms with Gasteiger partial charge in [-0.3, -0.25) is 9.59 Å². The van der Waals surface area contributed by atoms with E-state index in [2.05, 4.69) is 11.8 Å². The molecule has 0 bridgehead atoms. The molecule has 0 radical (unpaired) electrons. The molecule has 1 heterocycles. The molecule has 3 aromatic rings. The smallest absolute Gasteiger partial charge is 0.304 e. The summed E-state index contributed by atoms with van der Waals surface area (Å²) < 4.78 is 29.0. The zero-order chi connectivity index (χ0) is 24.8. The van der Waals surface area contributed by atoms with Crippen LogP contribution in [0.2, 0.25) is 0 Å². The van der Waals surface area contributed by atoms with E-state index < -0.39 is 18.4 Å². The Labute approximate surface area is 195 Å². The molecule has 6 nitrogen and oxygen atoms in total. The largest absolute Gasteiger partial charge is 0.481 e. The lowest BCUT2D eigenvalue weighted by Crippen LogP contribution is -2.32. The molecule has 0 unspecified atom stereocenters. The van der Waals surface area contributed by atoms with E-state index in [0.29, 0.717) is 11.3 Å². The Bertz CT molecular complexity index is 1240. The van der Waals surface area contributed by atoms with Gasteiger partial charge in [-0.25, -0.2) is 0 Å². The summed E-state index contributed by atoms with van der Waals surface area (Å²) in [5, 5.41) is 8.68. The second-order valence-electron chi connectivity index (χ2n) is 7.60. The second kappa shape index (κ2) is 10.6. The van der Waals surface area contributed by atoms with E-state index in [9.17, 15) is 9.59 Å². The van der Waals surface area contributed by atoms with Gasteiger partial charge in [0.15, 0.2) is 0 Å². The summed E-state index contributed by atoms with van der Waals surface area (Å²) in [4.78, 5) is 25.4. The van der Waals surface area contributed by atoms with Crippen LogP contribution in [0.15, 0.2) is 71.3 Å². The highest BCUT2D eigenvalue weighted by atomic mass is 16.5. The Morgan fingerprint density at radius 2 is 1.88 bits per heavy atom. The predicted octanol–water partition coefficient (Wildman–Crippen LogP) is 5.00. The van der Waals surface area contributed by atoms with Crippen molar-refractivity contribution < 1.29 is 26.6 Å². The average Bonchev–Trinajstić information content (AvgIpc) is 3.51. The molecule has 0 spiro atoms. The van der Waals surface area contributed by atoms with Gasteiger partial charge in [0, 0.05) is 35.6 Å². The zero-order valence-electron chi connectivity index (χ0n) is 20.0. The van der Waals surface area contributed by atoms with Gasteiger partial charge in [0.25, 0.3) is 5.91 Å². The monoisotopic (exact) mass is 445 g/mol. The normalized spacial score (nSPS) is 13.8. The molecule has 168 valence electrons. The number of amides is 1. The number of benzene rings is 2. The van der Waals surface area contributed by atoms with Crippen molar-refractivity contribution in [1.82, 2.24) is 4.90 Å². The molecular weight excluding hydrogens is 418 g/mol. The topological polar surface area (TPSA) is 80.0 Å². The van der Waals surface area contributed by atoms with Crippen LogP contribution in [0, 0.1) is 11.8 Å². The predicted molar refractivity (Wildman–Crippen MR) is 124 cm³/mol. The quantitative estimate of drug-likeness (QED) is 0.469. The first-order valence-corrected chi connectivity index (χ1v) is 10.8. The first-order valence-electron chi connectivity index (χ1n) is 11.8. The van der Waals surface area contributed by atoms with E-state index in [0.717, 1.165) is 18.4 Å². The molecule has 1 fully saturated rings. The van der Waals surface area contributed by atoms with Gasteiger partial charge in [-0.05, 0) is 43.2 Å². The maximum absolute atomic E-state index is 13.5. The van der Waals surface area contributed by atoms with Gasteiger partial charge in [0.05, 0.1) is 15.4 Å². The number of carbonyl (C=O) groups is 2. The minimum atomic E-state index is -2.12. The van der Waals surface area contributed by atoms with Crippen molar-refractivity contribution in [3.05, 3.63) is 78.1 Å². The summed E-state index contributed by atoms with van der Waals surface area (Å²) >= 11 is 0. The molecule has 0 atom stereocenters. The van der Waals surface area contributed by atoms with Crippen molar-refractivity contribution in [3.63, 3.8) is 0 Å². The number of furan rings is 1. The lowest BCUT2D eigenvalue weighted by molar-refractivity contribution is -0.136. The molecule has 1 aromatic heterocycles. The zero-order valence-corrected chi connectivity index (χ0v) is 18.0. The highest BCUT2D eigenvalue weighted by molar-refractivity contribution is 5.95. The first kappa shape index (κ1) is 19.7. The third-order valence-electron chi connectivity index (χ3n) is 5.09. The summed E-state index contributed by atoms with van der Waals surface area (Å²) in [5.41, 5.74) is 1.45. The van der Waals surface area contributed by atoms with E-state index in [4.69, 9.17) is 17.0 Å². The number of hydrogen-bond donors (Lipinski definition) is 1. The van der Waals surface area contributed by atoms with Crippen LogP contribution in [0.25, 0.3) is 11.3 Å². The van der Waals surface area contributed by atoms with Crippen LogP contribution in [0.3, 0.4) is 0 Å². The van der Waals surface area contributed by atoms with E-state index in [1.807, 2.05) is 6.07 Å². The summed E-state index contributed by atoms with van der Waals surface area (Å²) in [6.07, 6.45) is 3.21. The lowest BCUT2D eigenvalue weighted by Gasteiger charge is -2.24. The molecule has 1 saturated carbocycles. The summed E-state index contributed by atoms with van der Waals surface area (Å²) in [6, 6.07) is 17.0. The van der Waals surface area contributed by atoms with Crippen LogP contribution in [0.4, 0.5) is 0 Å². The number of rotatable bonds is 9. The SMILES string of the molecule is [2H]C([2H])(c1ccccc1OCC#CCCC(=O)O)N(C(=O)c1ccc(-c2ccco2)cc1)C1CC1. The Balaban J connectivity index is 1.54. The second-order valence-corrected chi connectivity index (χ2v) is 7.60. The fourth-order valence-corrected chi connectivity index (χ4v) is 3.24. The van der Waals surface area contributed by atoms with Crippen LogP contribution in [-0.4, -0.2) is 34.5 Å². The number of carbonyl (C=O) groups excluding carboxylic acids is 1. The summed E-state index contributed by atoms with van der Waals surface area (Å²) in [7, 11) is 0. The van der Waals surface area contributed by atoms with Crippen molar-refractivity contribution in [1.29, 1.82) is 0 Å². The number of carboxylic acid groups (broad SMARTS) is 1. The Morgan fingerprint density at radius 3 is 2.58 bits per heavy atom. The number of para-hydroxylation sites is 1. The lowest BCUT2D eigenvalue weighted by atomic mass is 10.1. The third kappa shape index (κ3) is 6.05. The van der Waals surface area contributed by atoms with Gasteiger partial charge in [0.2, 0.25) is 0 Å². The van der Waals surface area contributed by atoms with Gasteiger partial charge in [0.1, 0.15) is 18.1 Å². The highest BCUT2D eigenvalue weighted by Crippen LogP contribution is 2.32. The number of ether oxygens (including phenoxy) is 1. The van der Waals surface area contributed by atoms with Gasteiger partial charge >= 0.3 is 5.97 Å². The number of nitrogens with zero attached hydrogens (tertiary/aromatic N) is 1. The minimum absolute atomic E-state index is 0.0155. The van der Waals surface area contributed by atoms with Crippen LogP contribution in [0.1, 0.15) is 44.3 Å². The minimum Gasteiger partial charge on any atom is -0.481 e. The fourth-order valence-electron chi connectivity index (χ4n) is 3.24. The molecule has 0 aliphatic heterocycles. The van der Waals surface area contributed by atoms with E-state index in [1.54, 1.807) is 60.9 Å². The highest BCUT2D eigenvalue weighted by Gasteiger charge is 2.33. The molecule has 4 rings (SSSR count). The van der Waals surface area contributed by atoms with Crippen LogP contribution < -0.4 is 4.74 Å². The molecule has 1 aliphatic rings. The number of aliphatic carboxylic acids is 1. The summed E-state index contributed by atoms with van der Waals surface area (Å²) in [6.45, 7) is -2.14. The van der Waals surface area contributed by atoms with E-state index in [-0.39, 0.29) is 36.8 Å². The van der Waals surface area contributed by atoms with Crippen LogP contribution in [0.5, 0.6) is 5.75 Å². The van der Waals surface area contributed by atoms with Crippen molar-refractivity contribution in [2.75, 3.05) is 6.61 Å². The van der Waals surface area contributed by atoms with E-state index in [1.165, 1.54) is 4.90 Å². The average molecular weight is 446 g/mol. The standard InChI is InChI=1S/C27H25NO5/c29-26(30)10-2-1-5-17-32-25-8-4-3-7-22(25)19-28(23-15-16-23)27(31)21-13-11-20(12-14-21)24-9-6-18-33-24/h3-4,6-9,11-14,18,23H,2,10,15-17,19H2,(H,29,30)/i19D2. The van der Waals surface area contributed by atoms with E-state index >= 15 is 0 Å². The molecule has 33 heavy (non-hydrogen) atoms. The Hall–Kier alpha value is -3.98. The molecule has 1 aliphatic carbocycles. The van der Waals surface area contributed by atoms with Gasteiger partial charge in [-0.15, -0.1) is 0 Å². The van der Waals surface area contributed by atoms with Crippen LogP contribution in [-0.2, 0) is 11.3 Å². The van der Waals surface area contributed by atoms with Gasteiger partial charge < -0.3 is 19.2 Å². The van der Waals surface area contributed by atoms with Crippen molar-refractivity contribution in [2.24, 2.45) is 0 Å². The van der Waals surface area contributed by atoms with Crippen molar-refractivity contribution in [2.45, 2.75) is 38.2 Å². The van der Waals surface area contributed by atoms with Gasteiger partial charge in [-0.1, -0.05) is 42.2 Å². The molecule has 1 N–H and O–H groups in total.